The number of hydrogen-bond acceptors (Lipinski definition) is 4. The van der Waals surface area contributed by atoms with Crippen molar-refractivity contribution in [1.29, 1.82) is 0 Å². The summed E-state index contributed by atoms with van der Waals surface area (Å²) in [7, 11) is 3.92. The highest BCUT2D eigenvalue weighted by Gasteiger charge is 2.19. The topological polar surface area (TPSA) is 82.5 Å². The number of likely N-dealkylation sites (N-methyl/N-ethyl adjacent to an activating group) is 1. The van der Waals surface area contributed by atoms with Crippen LogP contribution >= 0.6 is 0 Å². The van der Waals surface area contributed by atoms with Gasteiger partial charge in [0, 0.05) is 18.2 Å². The highest BCUT2D eigenvalue weighted by Crippen LogP contribution is 2.23. The number of benzene rings is 3. The Morgan fingerprint density at radius 1 is 1.00 bits per heavy atom. The van der Waals surface area contributed by atoms with Gasteiger partial charge in [-0.15, -0.1) is 0 Å². The van der Waals surface area contributed by atoms with Crippen molar-refractivity contribution in [2.75, 3.05) is 20.6 Å². The molecule has 2 heterocycles. The van der Waals surface area contributed by atoms with Crippen molar-refractivity contribution in [2.45, 2.75) is 6.04 Å². The van der Waals surface area contributed by atoms with Crippen LogP contribution in [0.3, 0.4) is 0 Å². The molecule has 0 fully saturated rings. The van der Waals surface area contributed by atoms with Gasteiger partial charge in [-0.2, -0.15) is 5.10 Å². The van der Waals surface area contributed by atoms with Gasteiger partial charge in [-0.3, -0.25) is 9.59 Å². The van der Waals surface area contributed by atoms with Crippen LogP contribution in [0.25, 0.3) is 27.5 Å². The minimum absolute atomic E-state index is 0.195. The van der Waals surface area contributed by atoms with Crippen LogP contribution in [-0.4, -0.2) is 46.0 Å². The summed E-state index contributed by atoms with van der Waals surface area (Å²) in [6.45, 7) is 0.635. The Morgan fingerprint density at radius 3 is 2.50 bits per heavy atom. The standard InChI is InChI=1S/C27H25N5O2/c1-31(2)16-23(19-9-4-3-5-10-19)28-26(33)22-15-25-27(34)29-24(17-32(25)30-22)21-13-12-18-8-6-7-11-20(18)14-21/h3-15,17,23H,16H2,1-2H3,(H,28,33)(H,29,34). The quantitative estimate of drug-likeness (QED) is 0.411. The van der Waals surface area contributed by atoms with Gasteiger partial charge in [-0.05, 0) is 36.5 Å². The molecule has 5 aromatic rings. The van der Waals surface area contributed by atoms with Crippen LogP contribution < -0.4 is 10.9 Å². The molecule has 0 aliphatic heterocycles. The molecule has 7 heteroatoms. The van der Waals surface area contributed by atoms with E-state index in [4.69, 9.17) is 0 Å². The SMILES string of the molecule is CN(C)CC(NC(=O)c1cc2c(=O)[nH]c(-c3ccc4ccccc4c3)cn2n1)c1ccccc1. The zero-order valence-electron chi connectivity index (χ0n) is 19.0. The molecule has 3 aromatic carbocycles. The van der Waals surface area contributed by atoms with E-state index < -0.39 is 0 Å². The molecule has 2 N–H and O–H groups in total. The Morgan fingerprint density at radius 2 is 1.74 bits per heavy atom. The number of H-pyrrole nitrogens is 1. The van der Waals surface area contributed by atoms with Crippen LogP contribution in [0.15, 0.2) is 89.9 Å². The third-order valence-electron chi connectivity index (χ3n) is 5.82. The van der Waals surface area contributed by atoms with Gasteiger partial charge in [0.1, 0.15) is 5.52 Å². The summed E-state index contributed by atoms with van der Waals surface area (Å²) >= 11 is 0. The highest BCUT2D eigenvalue weighted by atomic mass is 16.2. The average Bonchev–Trinajstić information content (AvgIpc) is 3.29. The molecule has 5 rings (SSSR count). The lowest BCUT2D eigenvalue weighted by Gasteiger charge is -2.22. The van der Waals surface area contributed by atoms with Crippen LogP contribution in [0, 0.1) is 0 Å². The lowest BCUT2D eigenvalue weighted by molar-refractivity contribution is 0.0924. The molecule has 0 aliphatic carbocycles. The summed E-state index contributed by atoms with van der Waals surface area (Å²) in [4.78, 5) is 30.8. The minimum Gasteiger partial charge on any atom is -0.343 e. The Hall–Kier alpha value is -4.23. The molecular formula is C27H25N5O2. The van der Waals surface area contributed by atoms with Gasteiger partial charge in [-0.25, -0.2) is 4.52 Å². The van der Waals surface area contributed by atoms with Crippen LogP contribution in [-0.2, 0) is 0 Å². The molecule has 7 nitrogen and oxygen atoms in total. The molecule has 0 saturated heterocycles. The largest absolute Gasteiger partial charge is 0.343 e. The number of nitrogens with one attached hydrogen (secondary N) is 2. The number of aromatic amines is 1. The van der Waals surface area contributed by atoms with Crippen molar-refractivity contribution in [1.82, 2.24) is 24.8 Å². The van der Waals surface area contributed by atoms with E-state index in [1.54, 1.807) is 6.20 Å². The number of hydrogen-bond donors (Lipinski definition) is 2. The van der Waals surface area contributed by atoms with Crippen molar-refractivity contribution >= 4 is 22.2 Å². The van der Waals surface area contributed by atoms with Crippen molar-refractivity contribution < 1.29 is 4.79 Å². The van der Waals surface area contributed by atoms with E-state index in [0.29, 0.717) is 17.8 Å². The smallest absolute Gasteiger partial charge is 0.274 e. The van der Waals surface area contributed by atoms with Gasteiger partial charge in [0.05, 0.1) is 17.9 Å². The molecule has 0 aliphatic rings. The lowest BCUT2D eigenvalue weighted by atomic mass is 10.1. The third-order valence-corrected chi connectivity index (χ3v) is 5.82. The van der Waals surface area contributed by atoms with Crippen molar-refractivity contribution in [2.24, 2.45) is 0 Å². The molecule has 34 heavy (non-hydrogen) atoms. The summed E-state index contributed by atoms with van der Waals surface area (Å²) < 4.78 is 1.47. The van der Waals surface area contributed by atoms with Crippen molar-refractivity contribution in [3.63, 3.8) is 0 Å². The molecule has 1 unspecified atom stereocenters. The fourth-order valence-electron chi connectivity index (χ4n) is 4.13. The number of aromatic nitrogens is 3. The molecule has 0 spiro atoms. The number of nitrogens with zero attached hydrogens (tertiary/aromatic N) is 3. The third kappa shape index (κ3) is 4.33. The zero-order chi connectivity index (χ0) is 23.7. The van der Waals surface area contributed by atoms with E-state index in [1.165, 1.54) is 10.6 Å². The second-order valence-corrected chi connectivity index (χ2v) is 8.62. The maximum atomic E-state index is 13.1. The summed E-state index contributed by atoms with van der Waals surface area (Å²) in [6, 6.07) is 25.2. The minimum atomic E-state index is -0.328. The van der Waals surface area contributed by atoms with Crippen LogP contribution in [0.4, 0.5) is 0 Å². The first-order valence-corrected chi connectivity index (χ1v) is 11.1. The fraction of sp³-hybridized carbons (Fsp3) is 0.148. The average molecular weight is 452 g/mol. The molecule has 1 atom stereocenters. The monoisotopic (exact) mass is 451 g/mol. The fourth-order valence-corrected chi connectivity index (χ4v) is 4.13. The van der Waals surface area contributed by atoms with Gasteiger partial charge in [0.2, 0.25) is 0 Å². The van der Waals surface area contributed by atoms with Gasteiger partial charge < -0.3 is 15.2 Å². The van der Waals surface area contributed by atoms with Crippen LogP contribution in [0.2, 0.25) is 0 Å². The second-order valence-electron chi connectivity index (χ2n) is 8.62. The van der Waals surface area contributed by atoms with E-state index in [1.807, 2.05) is 91.8 Å². The van der Waals surface area contributed by atoms with Crippen LogP contribution in [0.5, 0.6) is 0 Å². The first kappa shape index (κ1) is 21.6. The Labute approximate surface area is 196 Å². The lowest BCUT2D eigenvalue weighted by Crippen LogP contribution is -2.35. The van der Waals surface area contributed by atoms with Gasteiger partial charge in [0.25, 0.3) is 11.5 Å². The summed E-state index contributed by atoms with van der Waals surface area (Å²) in [5.74, 6) is -0.328. The number of fused-ring (bicyclic) bond motifs is 2. The second kappa shape index (κ2) is 8.96. The first-order chi connectivity index (χ1) is 16.5. The predicted molar refractivity (Wildman–Crippen MR) is 134 cm³/mol. The maximum Gasteiger partial charge on any atom is 0.274 e. The summed E-state index contributed by atoms with van der Waals surface area (Å²) in [5, 5.41) is 9.68. The Kier molecular flexibility index (Phi) is 5.69. The molecule has 0 saturated carbocycles. The van der Waals surface area contributed by atoms with Crippen LogP contribution in [0.1, 0.15) is 22.1 Å². The molecule has 170 valence electrons. The van der Waals surface area contributed by atoms with E-state index in [9.17, 15) is 9.59 Å². The molecule has 0 bridgehead atoms. The Bertz CT molecular complexity index is 1540. The first-order valence-electron chi connectivity index (χ1n) is 11.1. The number of amides is 1. The normalized spacial score (nSPS) is 12.3. The highest BCUT2D eigenvalue weighted by molar-refractivity contribution is 5.94. The van der Waals surface area contributed by atoms with Crippen molar-refractivity contribution in [3.05, 3.63) is 107 Å². The molecule has 1 amide bonds. The molecule has 0 radical (unpaired) electrons. The van der Waals surface area contributed by atoms with E-state index in [0.717, 1.165) is 21.9 Å². The summed E-state index contributed by atoms with van der Waals surface area (Å²) in [5.41, 5.74) is 2.72. The number of carbonyl (C=O) groups excluding carboxylic acids is 1. The predicted octanol–water partition coefficient (Wildman–Crippen LogP) is 3.88. The Balaban J connectivity index is 1.47. The zero-order valence-corrected chi connectivity index (χ0v) is 19.0. The van der Waals surface area contributed by atoms with Gasteiger partial charge >= 0.3 is 0 Å². The maximum absolute atomic E-state index is 13.1. The summed E-state index contributed by atoms with van der Waals surface area (Å²) in [6.07, 6.45) is 1.74. The van der Waals surface area contributed by atoms with E-state index in [-0.39, 0.29) is 23.2 Å². The van der Waals surface area contributed by atoms with Gasteiger partial charge in [-0.1, -0.05) is 66.7 Å². The molecule has 2 aromatic heterocycles. The molecular weight excluding hydrogens is 426 g/mol. The van der Waals surface area contributed by atoms with E-state index in [2.05, 4.69) is 15.4 Å². The number of carbonyl (C=O) groups is 1. The van der Waals surface area contributed by atoms with Crippen molar-refractivity contribution in [3.8, 4) is 11.3 Å². The number of rotatable bonds is 6. The van der Waals surface area contributed by atoms with Gasteiger partial charge in [0.15, 0.2) is 5.69 Å². The van der Waals surface area contributed by atoms with E-state index >= 15 is 0 Å².